The molecule has 19 nitrogen and oxygen atoms in total. The molecule has 5 heterocycles. The lowest BCUT2D eigenvalue weighted by Crippen LogP contribution is -2.67. The molecule has 1 aromatic heterocycles. The predicted molar refractivity (Wildman–Crippen MR) is 220 cm³/mol. The van der Waals surface area contributed by atoms with Crippen LogP contribution in [-0.2, 0) is 39.9 Å². The number of carbonyl (C=O) groups excluding carboxylic acids is 3. The van der Waals surface area contributed by atoms with Crippen LogP contribution < -0.4 is 20.7 Å². The highest BCUT2D eigenvalue weighted by molar-refractivity contribution is 5.95. The van der Waals surface area contributed by atoms with Gasteiger partial charge in [0.05, 0.1) is 62.3 Å². The van der Waals surface area contributed by atoms with Crippen molar-refractivity contribution in [3.8, 4) is 5.75 Å². The Bertz CT molecular complexity index is 1790. The van der Waals surface area contributed by atoms with E-state index in [1.807, 2.05) is 0 Å². The highest BCUT2D eigenvalue weighted by Crippen LogP contribution is 2.36. The summed E-state index contributed by atoms with van der Waals surface area (Å²) in [6.45, 7) is 4.64. The van der Waals surface area contributed by atoms with Crippen LogP contribution in [0.5, 0.6) is 5.75 Å². The minimum absolute atomic E-state index is 0.109. The average molecular weight is 873 g/mol. The maximum atomic E-state index is 13.5. The summed E-state index contributed by atoms with van der Waals surface area (Å²) in [6.07, 6.45) is 1.91. The van der Waals surface area contributed by atoms with Crippen LogP contribution in [0.1, 0.15) is 104 Å². The molecule has 2 saturated heterocycles. The number of rotatable bonds is 7. The lowest BCUT2D eigenvalue weighted by molar-refractivity contribution is -0.229. The summed E-state index contributed by atoms with van der Waals surface area (Å²) < 4.78 is 31.0. The number of carboxylic acids is 1. The van der Waals surface area contributed by atoms with E-state index >= 15 is 0 Å². The molecule has 4 bridgehead atoms. The van der Waals surface area contributed by atoms with Gasteiger partial charge in [-0.25, -0.2) is 9.48 Å². The number of fused-ring (bicyclic) bond motifs is 17. The average Bonchev–Trinajstić information content (AvgIpc) is 3.73. The van der Waals surface area contributed by atoms with E-state index < -0.39 is 72.8 Å². The highest BCUT2D eigenvalue weighted by Gasteiger charge is 2.54. The Morgan fingerprint density at radius 1 is 0.871 bits per heavy atom. The Hall–Kier alpha value is -4.24. The summed E-state index contributed by atoms with van der Waals surface area (Å²) in [5, 5.41) is 61.8. The summed E-state index contributed by atoms with van der Waals surface area (Å²) in [5.74, 6) is -2.18. The Morgan fingerprint density at radius 2 is 1.58 bits per heavy atom. The lowest BCUT2D eigenvalue weighted by atomic mass is 9.81. The summed E-state index contributed by atoms with van der Waals surface area (Å²) in [7, 11) is 0. The number of aliphatic hydroxyl groups excluding tert-OH is 3. The minimum atomic E-state index is -2.02. The number of ether oxygens (including phenoxy) is 5. The zero-order chi connectivity index (χ0) is 44.2. The van der Waals surface area contributed by atoms with E-state index in [9.17, 15) is 39.6 Å². The van der Waals surface area contributed by atoms with E-state index in [0.717, 1.165) is 37.8 Å². The molecular formula is C43H64N6O13. The van der Waals surface area contributed by atoms with Crippen molar-refractivity contribution in [1.82, 2.24) is 30.9 Å². The molecule has 1 saturated carbocycles. The van der Waals surface area contributed by atoms with Crippen molar-refractivity contribution in [2.24, 2.45) is 5.92 Å². The van der Waals surface area contributed by atoms with Gasteiger partial charge < -0.3 is 60.1 Å². The number of hydrogen-bond donors (Lipinski definition) is 7. The summed E-state index contributed by atoms with van der Waals surface area (Å²) >= 11 is 0. The topological polar surface area (TPSA) is 262 Å². The van der Waals surface area contributed by atoms with Crippen molar-refractivity contribution < 1.29 is 63.3 Å². The van der Waals surface area contributed by atoms with E-state index in [1.54, 1.807) is 32.2 Å². The van der Waals surface area contributed by atoms with Crippen molar-refractivity contribution >= 4 is 23.7 Å². The van der Waals surface area contributed by atoms with Crippen LogP contribution in [0.4, 0.5) is 0 Å². The zero-order valence-electron chi connectivity index (χ0n) is 35.8. The van der Waals surface area contributed by atoms with E-state index in [4.69, 9.17) is 23.7 Å². The van der Waals surface area contributed by atoms with E-state index in [-0.39, 0.29) is 75.7 Å². The molecule has 3 amide bonds. The molecule has 0 spiro atoms. The van der Waals surface area contributed by atoms with Gasteiger partial charge in [-0.15, -0.1) is 5.10 Å². The van der Waals surface area contributed by atoms with Crippen molar-refractivity contribution in [1.29, 1.82) is 0 Å². The first-order valence-electron chi connectivity index (χ1n) is 22.0. The zero-order valence-corrected chi connectivity index (χ0v) is 35.8. The SMILES string of the molecule is Cc1cc2cc(C)c1OCCOC[C@@H](NC(=O)C1CCCOC1)COCCCC[C@]1(C(=O)O)C[C@H](O)C(NC(=O)Cn3cc(C4CCCCC4)nn3)[C@@H](O1)[C@H](O)[C@H](O)CNC2=O. The van der Waals surface area contributed by atoms with Crippen LogP contribution in [0.2, 0.25) is 0 Å². The second-order valence-electron chi connectivity index (χ2n) is 17.2. The molecule has 8 atom stereocenters. The summed E-state index contributed by atoms with van der Waals surface area (Å²) in [6, 6.07) is 1.39. The van der Waals surface area contributed by atoms with E-state index in [2.05, 4.69) is 26.3 Å². The van der Waals surface area contributed by atoms with Gasteiger partial charge in [0.1, 0.15) is 31.1 Å². The van der Waals surface area contributed by atoms with Crippen LogP contribution in [-0.4, -0.2) is 154 Å². The molecule has 2 aromatic rings. The fourth-order valence-corrected chi connectivity index (χ4v) is 8.90. The lowest BCUT2D eigenvalue weighted by Gasteiger charge is -2.47. The minimum Gasteiger partial charge on any atom is -0.491 e. The number of aliphatic carboxylic acids is 1. The highest BCUT2D eigenvalue weighted by atomic mass is 16.6. The number of nitrogens with zero attached hydrogens (tertiary/aromatic N) is 3. The smallest absolute Gasteiger partial charge is 0.336 e. The molecule has 1 aliphatic carbocycles. The molecule has 7 rings (SSSR count). The Morgan fingerprint density at radius 3 is 2.29 bits per heavy atom. The third-order valence-electron chi connectivity index (χ3n) is 12.3. The largest absolute Gasteiger partial charge is 0.491 e. The van der Waals surface area contributed by atoms with E-state index in [0.29, 0.717) is 42.9 Å². The number of carbonyl (C=O) groups is 4. The standard InChI is InChI=1S/C43H64N6O13/c1-26-17-30-18-27(2)38(26)61-16-15-60-25-31(45-41(55)29-11-8-14-58-23-29)24-59-13-7-6-12-43(42(56)57)19-33(50)36(39(62-43)37(53)34(51)20-44-40(30)54)46-35(52)22-49-21-32(47-48-49)28-9-4-3-5-10-28/h17-18,21,28-29,31,33-34,36-37,39,50-51,53H,3-16,19-20,22-25H2,1-2H3,(H,44,54)(H,45,55)(H,46,52)(H,56,57)/t29?,31-,33-,34+,36?,37+,39+,43+/m0/s1. The van der Waals surface area contributed by atoms with Gasteiger partial charge in [-0.05, 0) is 82.1 Å². The second kappa shape index (κ2) is 22.4. The van der Waals surface area contributed by atoms with Gasteiger partial charge in [-0.3, -0.25) is 14.4 Å². The van der Waals surface area contributed by atoms with Crippen molar-refractivity contribution in [3.05, 3.63) is 40.7 Å². The third-order valence-corrected chi connectivity index (χ3v) is 12.3. The molecule has 5 aliphatic rings. The Kier molecular flexibility index (Phi) is 17.1. The molecule has 2 unspecified atom stereocenters. The van der Waals surface area contributed by atoms with Crippen LogP contribution in [0, 0.1) is 19.8 Å². The molecule has 7 N–H and O–H groups in total. The van der Waals surface area contributed by atoms with Crippen LogP contribution in [0.25, 0.3) is 0 Å². The number of aromatic nitrogens is 3. The Balaban J connectivity index is 1.19. The molecule has 62 heavy (non-hydrogen) atoms. The third kappa shape index (κ3) is 12.5. The fraction of sp³-hybridized carbons (Fsp3) is 0.721. The fourth-order valence-electron chi connectivity index (χ4n) is 8.90. The van der Waals surface area contributed by atoms with Crippen molar-refractivity contribution in [2.75, 3.05) is 52.8 Å². The Labute approximate surface area is 361 Å². The molecule has 4 aliphatic heterocycles. The van der Waals surface area contributed by atoms with Crippen molar-refractivity contribution in [2.45, 2.75) is 139 Å². The van der Waals surface area contributed by atoms with Crippen molar-refractivity contribution in [3.63, 3.8) is 0 Å². The first-order valence-corrected chi connectivity index (χ1v) is 22.0. The number of hydrogen-bond acceptors (Lipinski definition) is 14. The normalized spacial score (nSPS) is 30.3. The first kappa shape index (κ1) is 47.2. The predicted octanol–water partition coefficient (Wildman–Crippen LogP) is 1.06. The first-order chi connectivity index (χ1) is 29.8. The van der Waals surface area contributed by atoms with Gasteiger partial charge in [0.25, 0.3) is 5.91 Å². The number of benzene rings is 1. The molecular weight excluding hydrogens is 809 g/mol. The molecule has 19 heteroatoms. The molecule has 344 valence electrons. The van der Waals surface area contributed by atoms with Gasteiger partial charge >= 0.3 is 5.97 Å². The molecule has 3 fully saturated rings. The number of aliphatic hydroxyl groups is 3. The van der Waals surface area contributed by atoms with Crippen LogP contribution in [0.15, 0.2) is 18.3 Å². The van der Waals surface area contributed by atoms with Gasteiger partial charge in [-0.2, -0.15) is 0 Å². The van der Waals surface area contributed by atoms with E-state index in [1.165, 1.54) is 11.1 Å². The van der Waals surface area contributed by atoms with Gasteiger partial charge in [-0.1, -0.05) is 24.5 Å². The number of carboxylic acid groups (broad SMARTS) is 1. The number of amides is 3. The molecule has 1 aromatic carbocycles. The van der Waals surface area contributed by atoms with Gasteiger partial charge in [0.2, 0.25) is 11.8 Å². The summed E-state index contributed by atoms with van der Waals surface area (Å²) in [5.41, 5.74) is 0.379. The maximum Gasteiger partial charge on any atom is 0.336 e. The van der Waals surface area contributed by atoms with Crippen LogP contribution >= 0.6 is 0 Å². The quantitative estimate of drug-likeness (QED) is 0.205. The van der Waals surface area contributed by atoms with Crippen LogP contribution in [0.3, 0.4) is 0 Å². The summed E-state index contributed by atoms with van der Waals surface area (Å²) in [4.78, 5) is 53.0. The van der Waals surface area contributed by atoms with Gasteiger partial charge in [0.15, 0.2) is 5.60 Å². The second-order valence-corrected chi connectivity index (χ2v) is 17.2. The maximum absolute atomic E-state index is 13.5. The number of nitrogens with one attached hydrogen (secondary N) is 3. The molecule has 0 radical (unpaired) electrons. The van der Waals surface area contributed by atoms with Gasteiger partial charge in [0, 0.05) is 43.9 Å². The monoisotopic (exact) mass is 872 g/mol. The number of aryl methyl sites for hydroxylation is 2.